The number of nitrogens with one attached hydrogen (secondary N) is 2. The van der Waals surface area contributed by atoms with Gasteiger partial charge in [-0.2, -0.15) is 0 Å². The van der Waals surface area contributed by atoms with Crippen molar-refractivity contribution in [3.63, 3.8) is 0 Å². The van der Waals surface area contributed by atoms with Crippen LogP contribution in [0.5, 0.6) is 0 Å². The van der Waals surface area contributed by atoms with Crippen molar-refractivity contribution < 1.29 is 9.18 Å². The van der Waals surface area contributed by atoms with Crippen LogP contribution in [0.2, 0.25) is 0 Å². The second-order valence-electron chi connectivity index (χ2n) is 7.95. The van der Waals surface area contributed by atoms with Crippen LogP contribution in [0.3, 0.4) is 0 Å². The number of aromatic nitrogens is 1. The third-order valence-electron chi connectivity index (χ3n) is 5.30. The Morgan fingerprint density at radius 1 is 1.03 bits per heavy atom. The normalized spacial score (nSPS) is 13.6. The topological polar surface area (TPSA) is 96.9 Å². The first-order chi connectivity index (χ1) is 13.8. The fourth-order valence-corrected chi connectivity index (χ4v) is 3.23. The highest BCUT2D eigenvalue weighted by atomic mass is 19.1. The van der Waals surface area contributed by atoms with Crippen LogP contribution in [-0.4, -0.2) is 29.5 Å². The Hall–Kier alpha value is -2.70. The number of rotatable bonds is 8. The maximum atomic E-state index is 13.1. The molecule has 0 fully saturated rings. The summed E-state index contributed by atoms with van der Waals surface area (Å²) in [5.74, 6) is -0.0332. The van der Waals surface area contributed by atoms with Crippen molar-refractivity contribution in [2.75, 3.05) is 6.54 Å². The van der Waals surface area contributed by atoms with Crippen molar-refractivity contribution in [1.82, 2.24) is 10.3 Å². The Labute approximate surface area is 170 Å². The van der Waals surface area contributed by atoms with Gasteiger partial charge < -0.3 is 21.8 Å². The predicted octanol–water partition coefficient (Wildman–Crippen LogP) is 3.79. The van der Waals surface area contributed by atoms with Crippen LogP contribution in [0.15, 0.2) is 48.5 Å². The summed E-state index contributed by atoms with van der Waals surface area (Å²) in [4.78, 5) is 15.7. The van der Waals surface area contributed by atoms with Crippen molar-refractivity contribution in [1.29, 1.82) is 0 Å². The minimum atomic E-state index is -0.266. The van der Waals surface area contributed by atoms with Crippen LogP contribution < -0.4 is 16.8 Å². The second kappa shape index (κ2) is 9.20. The molecule has 6 N–H and O–H groups in total. The number of hydrogen-bond acceptors (Lipinski definition) is 3. The van der Waals surface area contributed by atoms with E-state index in [0.717, 1.165) is 34.9 Å². The van der Waals surface area contributed by atoms with Gasteiger partial charge in [-0.1, -0.05) is 38.1 Å². The molecule has 5 nitrogen and oxygen atoms in total. The zero-order chi connectivity index (χ0) is 21.0. The smallest absolute Gasteiger partial charge is 0.267 e. The molecule has 6 heteroatoms. The van der Waals surface area contributed by atoms with Crippen LogP contribution in [0.25, 0.3) is 22.0 Å². The van der Waals surface area contributed by atoms with E-state index in [-0.39, 0.29) is 23.8 Å². The van der Waals surface area contributed by atoms with E-state index >= 15 is 0 Å². The van der Waals surface area contributed by atoms with Crippen LogP contribution in [0.4, 0.5) is 4.39 Å². The quantitative estimate of drug-likeness (QED) is 0.466. The first-order valence-electron chi connectivity index (χ1n) is 10.0. The number of H-pyrrole nitrogens is 1. The molecule has 1 heterocycles. The lowest BCUT2D eigenvalue weighted by Crippen LogP contribution is -2.39. The monoisotopic (exact) mass is 396 g/mol. The van der Waals surface area contributed by atoms with Gasteiger partial charge in [-0.15, -0.1) is 0 Å². The van der Waals surface area contributed by atoms with Gasteiger partial charge in [-0.05, 0) is 54.2 Å². The molecule has 0 radical (unpaired) electrons. The summed E-state index contributed by atoms with van der Waals surface area (Å²) in [6.45, 7) is 4.59. The number of carbonyl (C=O) groups is 1. The summed E-state index contributed by atoms with van der Waals surface area (Å²) in [7, 11) is 0. The molecule has 2 aromatic carbocycles. The number of aromatic amines is 1. The average Bonchev–Trinajstić information content (AvgIpc) is 3.14. The maximum absolute atomic E-state index is 13.1. The van der Waals surface area contributed by atoms with E-state index in [4.69, 9.17) is 11.5 Å². The van der Waals surface area contributed by atoms with Crippen molar-refractivity contribution in [2.24, 2.45) is 17.4 Å². The van der Waals surface area contributed by atoms with E-state index < -0.39 is 0 Å². The first kappa shape index (κ1) is 21.0. The standard InChI is InChI=1S/C23H29FN4O/c1-14(2)20(26)10-9-19(25)13-27-23(29)22-12-17-4-3-16(11-21(17)28-22)15-5-7-18(24)8-6-15/h3-8,11-12,14,19-20,28H,9-10,13,25-26H2,1-2H3,(H,27,29)/t19-,20?/m0/s1. The Kier molecular flexibility index (Phi) is 6.67. The highest BCUT2D eigenvalue weighted by Crippen LogP contribution is 2.25. The molecule has 1 aromatic heterocycles. The van der Waals surface area contributed by atoms with Crippen LogP contribution in [0, 0.1) is 11.7 Å². The molecule has 0 aliphatic carbocycles. The highest BCUT2D eigenvalue weighted by molar-refractivity contribution is 5.98. The number of fused-ring (bicyclic) bond motifs is 1. The molecule has 0 bridgehead atoms. The van der Waals surface area contributed by atoms with Crippen LogP contribution in [0.1, 0.15) is 37.2 Å². The summed E-state index contributed by atoms with van der Waals surface area (Å²) >= 11 is 0. The van der Waals surface area contributed by atoms with E-state index in [1.807, 2.05) is 24.3 Å². The number of benzene rings is 2. The Bertz CT molecular complexity index is 965. The molecule has 2 atom stereocenters. The molecular weight excluding hydrogens is 367 g/mol. The van der Waals surface area contributed by atoms with E-state index in [1.54, 1.807) is 12.1 Å². The van der Waals surface area contributed by atoms with Crippen molar-refractivity contribution in [2.45, 2.75) is 38.8 Å². The number of hydrogen-bond donors (Lipinski definition) is 4. The summed E-state index contributed by atoms with van der Waals surface area (Å²) in [5.41, 5.74) is 15.4. The number of carbonyl (C=O) groups excluding carboxylic acids is 1. The predicted molar refractivity (Wildman–Crippen MR) is 116 cm³/mol. The molecule has 1 unspecified atom stereocenters. The number of halogens is 1. The fraction of sp³-hybridized carbons (Fsp3) is 0.348. The van der Waals surface area contributed by atoms with Gasteiger partial charge in [0.05, 0.1) is 0 Å². The van der Waals surface area contributed by atoms with Gasteiger partial charge in [0.1, 0.15) is 11.5 Å². The second-order valence-corrected chi connectivity index (χ2v) is 7.95. The molecule has 0 saturated carbocycles. The van der Waals surface area contributed by atoms with Gasteiger partial charge >= 0.3 is 0 Å². The van der Waals surface area contributed by atoms with Gasteiger partial charge in [0.2, 0.25) is 0 Å². The third kappa shape index (κ3) is 5.43. The molecule has 1 amide bonds. The largest absolute Gasteiger partial charge is 0.351 e. The number of nitrogens with two attached hydrogens (primary N) is 2. The average molecular weight is 397 g/mol. The summed E-state index contributed by atoms with van der Waals surface area (Å²) in [6, 6.07) is 14.0. The molecule has 29 heavy (non-hydrogen) atoms. The summed E-state index contributed by atoms with van der Waals surface area (Å²) < 4.78 is 13.1. The molecule has 154 valence electrons. The molecule has 0 aliphatic rings. The molecule has 3 aromatic rings. The molecule has 0 aliphatic heterocycles. The maximum Gasteiger partial charge on any atom is 0.267 e. The third-order valence-corrected chi connectivity index (χ3v) is 5.30. The van der Waals surface area contributed by atoms with E-state index in [2.05, 4.69) is 24.1 Å². The van der Waals surface area contributed by atoms with E-state index in [0.29, 0.717) is 18.2 Å². The molecule has 0 spiro atoms. The number of amides is 1. The Morgan fingerprint density at radius 3 is 2.41 bits per heavy atom. The van der Waals surface area contributed by atoms with E-state index in [9.17, 15) is 9.18 Å². The Balaban J connectivity index is 1.62. The Morgan fingerprint density at radius 2 is 1.72 bits per heavy atom. The van der Waals surface area contributed by atoms with Gasteiger partial charge in [-0.25, -0.2) is 4.39 Å². The molecule has 0 saturated heterocycles. The minimum Gasteiger partial charge on any atom is -0.351 e. The summed E-state index contributed by atoms with van der Waals surface area (Å²) in [6.07, 6.45) is 1.61. The summed E-state index contributed by atoms with van der Waals surface area (Å²) in [5, 5.41) is 3.83. The van der Waals surface area contributed by atoms with Crippen molar-refractivity contribution >= 4 is 16.8 Å². The molecule has 3 rings (SSSR count). The van der Waals surface area contributed by atoms with E-state index in [1.165, 1.54) is 12.1 Å². The zero-order valence-electron chi connectivity index (χ0n) is 16.9. The minimum absolute atomic E-state index is 0.126. The first-order valence-corrected chi connectivity index (χ1v) is 10.0. The van der Waals surface area contributed by atoms with Gasteiger partial charge in [0, 0.05) is 29.5 Å². The van der Waals surface area contributed by atoms with Crippen molar-refractivity contribution in [3.8, 4) is 11.1 Å². The van der Waals surface area contributed by atoms with Crippen molar-refractivity contribution in [3.05, 3.63) is 60.0 Å². The zero-order valence-corrected chi connectivity index (χ0v) is 16.9. The van der Waals surface area contributed by atoms with Crippen LogP contribution in [-0.2, 0) is 0 Å². The van der Waals surface area contributed by atoms with Gasteiger partial charge in [0.15, 0.2) is 0 Å². The highest BCUT2D eigenvalue weighted by Gasteiger charge is 2.14. The lowest BCUT2D eigenvalue weighted by molar-refractivity contribution is 0.0946. The lowest BCUT2D eigenvalue weighted by atomic mass is 9.98. The van der Waals surface area contributed by atoms with Gasteiger partial charge in [0.25, 0.3) is 5.91 Å². The molecular formula is C23H29FN4O. The SMILES string of the molecule is CC(C)C(N)CC[C@H](N)CNC(=O)c1cc2ccc(-c3ccc(F)cc3)cc2[nH]1. The lowest BCUT2D eigenvalue weighted by Gasteiger charge is -2.18. The van der Waals surface area contributed by atoms with Gasteiger partial charge in [-0.3, -0.25) is 4.79 Å². The van der Waals surface area contributed by atoms with Crippen LogP contribution >= 0.6 is 0 Å². The fourth-order valence-electron chi connectivity index (χ4n) is 3.23.